The summed E-state index contributed by atoms with van der Waals surface area (Å²) in [7, 11) is 0. The Morgan fingerprint density at radius 1 is 1.50 bits per heavy atom. The van der Waals surface area contributed by atoms with Crippen molar-refractivity contribution in [3.8, 4) is 0 Å². The van der Waals surface area contributed by atoms with Gasteiger partial charge in [-0.05, 0) is 18.4 Å². The van der Waals surface area contributed by atoms with Gasteiger partial charge >= 0.3 is 0 Å². The predicted molar refractivity (Wildman–Crippen MR) is 32.0 cm³/mol. The van der Waals surface area contributed by atoms with Crippen molar-refractivity contribution < 1.29 is 0 Å². The molecule has 43 valence electrons. The number of nitrogens with two attached hydrogens (primary N) is 1. The molecule has 0 atom stereocenters. The molecular formula is C5H8N3. The van der Waals surface area contributed by atoms with Gasteiger partial charge in [0.05, 0.1) is 0 Å². The zero-order valence-electron chi connectivity index (χ0n) is 4.39. The van der Waals surface area contributed by atoms with E-state index in [0.29, 0.717) is 0 Å². The molecule has 3 nitrogen and oxygen atoms in total. The summed E-state index contributed by atoms with van der Waals surface area (Å²) in [5.41, 5.74) is 2.47. The van der Waals surface area contributed by atoms with Crippen molar-refractivity contribution in [3.63, 3.8) is 0 Å². The van der Waals surface area contributed by atoms with E-state index in [1.54, 1.807) is 6.20 Å². The molecule has 0 fully saturated rings. The normalized spacial score (nSPS) is 18.6. The van der Waals surface area contributed by atoms with Crippen molar-refractivity contribution in [1.29, 1.82) is 0 Å². The Labute approximate surface area is 48.2 Å². The van der Waals surface area contributed by atoms with Crippen LogP contribution in [0.25, 0.3) is 0 Å². The third-order valence-corrected chi connectivity index (χ3v) is 0.865. The molecule has 0 amide bonds. The highest BCUT2D eigenvalue weighted by Gasteiger charge is 1.98. The second-order valence-electron chi connectivity index (χ2n) is 1.42. The molecule has 0 unspecified atom stereocenters. The number of dihydropyridines is 1. The van der Waals surface area contributed by atoms with Gasteiger partial charge in [-0.25, -0.2) is 5.43 Å². The Bertz CT molecular complexity index is 117. The van der Waals surface area contributed by atoms with Gasteiger partial charge in [0.1, 0.15) is 0 Å². The summed E-state index contributed by atoms with van der Waals surface area (Å²) < 4.78 is 0. The monoisotopic (exact) mass is 110 g/mol. The van der Waals surface area contributed by atoms with Crippen molar-refractivity contribution in [2.75, 3.05) is 0 Å². The van der Waals surface area contributed by atoms with E-state index in [1.807, 2.05) is 18.2 Å². The average molecular weight is 110 g/mol. The zero-order valence-corrected chi connectivity index (χ0v) is 4.39. The molecule has 0 saturated heterocycles. The molecule has 1 aliphatic rings. The Hall–Kier alpha value is -0.800. The average Bonchev–Trinajstić information content (AvgIpc) is 1.90. The molecule has 1 rings (SSSR count). The number of nitrogens with one attached hydrogen (secondary N) is 2. The number of hydrogen-bond acceptors (Lipinski definition) is 3. The van der Waals surface area contributed by atoms with Gasteiger partial charge in [-0.15, -0.1) is 0 Å². The van der Waals surface area contributed by atoms with Crippen molar-refractivity contribution in [2.45, 2.75) is 0 Å². The van der Waals surface area contributed by atoms with Crippen LogP contribution in [0.5, 0.6) is 0 Å². The zero-order chi connectivity index (χ0) is 5.82. The lowest BCUT2D eigenvalue weighted by Crippen LogP contribution is -2.35. The minimum Gasteiger partial charge on any atom is -0.366 e. The van der Waals surface area contributed by atoms with Gasteiger partial charge < -0.3 is 5.32 Å². The van der Waals surface area contributed by atoms with Crippen LogP contribution >= 0.6 is 0 Å². The first-order chi connectivity index (χ1) is 3.93. The maximum atomic E-state index is 5.07. The van der Waals surface area contributed by atoms with E-state index in [1.165, 1.54) is 0 Å². The molecule has 0 spiro atoms. The second kappa shape index (κ2) is 2.49. The van der Waals surface area contributed by atoms with Crippen molar-refractivity contribution >= 4 is 0 Å². The lowest BCUT2D eigenvalue weighted by Gasteiger charge is -2.10. The summed E-state index contributed by atoms with van der Waals surface area (Å²) in [6, 6.07) is 0. The molecule has 4 N–H and O–H groups in total. The molecule has 0 aromatic rings. The molecule has 0 aromatic heterocycles. The summed E-state index contributed by atoms with van der Waals surface area (Å²) in [6.07, 6.45) is 8.24. The lowest BCUT2D eigenvalue weighted by atomic mass is 10.3. The summed E-state index contributed by atoms with van der Waals surface area (Å²) in [5, 5.41) is 2.88. The minimum absolute atomic E-state index is 0.813. The largest absolute Gasteiger partial charge is 0.366 e. The van der Waals surface area contributed by atoms with E-state index in [4.69, 9.17) is 5.84 Å². The summed E-state index contributed by atoms with van der Waals surface area (Å²) in [5.74, 6) is 5.07. The fourth-order valence-electron chi connectivity index (χ4n) is 0.483. The van der Waals surface area contributed by atoms with Crippen LogP contribution in [0.15, 0.2) is 24.4 Å². The Balaban J connectivity index is 2.40. The molecular weight excluding hydrogens is 102 g/mol. The smallest absolute Gasteiger partial charge is 0.162 e. The molecule has 1 aliphatic heterocycles. The summed E-state index contributed by atoms with van der Waals surface area (Å²) in [6.45, 7) is 0. The molecule has 1 radical (unpaired) electrons. The molecule has 0 bridgehead atoms. The highest BCUT2D eigenvalue weighted by atomic mass is 15.3. The first kappa shape index (κ1) is 5.34. The van der Waals surface area contributed by atoms with Gasteiger partial charge in [0.25, 0.3) is 0 Å². The summed E-state index contributed by atoms with van der Waals surface area (Å²) in [4.78, 5) is 0. The number of hydrazine groups is 1. The van der Waals surface area contributed by atoms with Crippen LogP contribution < -0.4 is 16.6 Å². The van der Waals surface area contributed by atoms with Crippen LogP contribution in [-0.4, -0.2) is 0 Å². The fourth-order valence-corrected chi connectivity index (χ4v) is 0.483. The molecule has 1 heterocycles. The van der Waals surface area contributed by atoms with E-state index >= 15 is 0 Å². The van der Waals surface area contributed by atoms with Crippen LogP contribution in [0, 0.1) is 6.17 Å². The lowest BCUT2D eigenvalue weighted by molar-refractivity contribution is 0.706. The highest BCUT2D eigenvalue weighted by Crippen LogP contribution is 1.94. The first-order valence-corrected chi connectivity index (χ1v) is 2.37. The van der Waals surface area contributed by atoms with Gasteiger partial charge in [-0.3, -0.25) is 5.84 Å². The van der Waals surface area contributed by atoms with Gasteiger partial charge in [-0.2, -0.15) is 0 Å². The van der Waals surface area contributed by atoms with E-state index in [-0.39, 0.29) is 0 Å². The number of allylic oxidation sites excluding steroid dienone is 2. The van der Waals surface area contributed by atoms with Crippen molar-refractivity contribution in [1.82, 2.24) is 10.7 Å². The minimum atomic E-state index is 0.813. The van der Waals surface area contributed by atoms with E-state index in [9.17, 15) is 0 Å². The second-order valence-corrected chi connectivity index (χ2v) is 1.42. The molecule has 0 saturated carbocycles. The van der Waals surface area contributed by atoms with Crippen LogP contribution in [0.2, 0.25) is 0 Å². The van der Waals surface area contributed by atoms with E-state index in [2.05, 4.69) is 10.7 Å². The van der Waals surface area contributed by atoms with Gasteiger partial charge in [0.15, 0.2) is 6.17 Å². The molecule has 0 aliphatic carbocycles. The maximum Gasteiger partial charge on any atom is 0.162 e. The van der Waals surface area contributed by atoms with Crippen LogP contribution in [0.4, 0.5) is 0 Å². The summed E-state index contributed by atoms with van der Waals surface area (Å²) >= 11 is 0. The van der Waals surface area contributed by atoms with Crippen LogP contribution in [0.1, 0.15) is 0 Å². The Kier molecular flexibility index (Phi) is 1.66. The molecule has 3 heteroatoms. The highest BCUT2D eigenvalue weighted by molar-refractivity contribution is 5.19. The van der Waals surface area contributed by atoms with Crippen molar-refractivity contribution in [2.24, 2.45) is 5.84 Å². The SMILES string of the molecule is NN[C]1C=CC=CN1. The predicted octanol–water partition coefficient (Wildman–Crippen LogP) is -0.388. The van der Waals surface area contributed by atoms with Gasteiger partial charge in [-0.1, -0.05) is 6.08 Å². The Morgan fingerprint density at radius 2 is 2.38 bits per heavy atom. The molecule has 8 heavy (non-hydrogen) atoms. The quantitative estimate of drug-likeness (QED) is 0.318. The first-order valence-electron chi connectivity index (χ1n) is 2.37. The van der Waals surface area contributed by atoms with E-state index in [0.717, 1.165) is 6.17 Å². The van der Waals surface area contributed by atoms with E-state index < -0.39 is 0 Å². The van der Waals surface area contributed by atoms with Crippen LogP contribution in [-0.2, 0) is 0 Å². The van der Waals surface area contributed by atoms with Crippen LogP contribution in [0.3, 0.4) is 0 Å². The third-order valence-electron chi connectivity index (χ3n) is 0.865. The van der Waals surface area contributed by atoms with Gasteiger partial charge in [0.2, 0.25) is 0 Å². The third kappa shape index (κ3) is 1.08. The Morgan fingerprint density at radius 3 is 2.75 bits per heavy atom. The standard InChI is InChI=1S/C5H8N3/c6-8-5-3-1-2-4-7-5/h1-4,7-8H,6H2. The topological polar surface area (TPSA) is 50.1 Å². The number of rotatable bonds is 1. The fraction of sp³-hybridized carbons (Fsp3) is 0. The maximum absolute atomic E-state index is 5.07. The van der Waals surface area contributed by atoms with Crippen molar-refractivity contribution in [3.05, 3.63) is 30.6 Å². The molecule has 0 aromatic carbocycles. The number of hydrogen-bond donors (Lipinski definition) is 3. The van der Waals surface area contributed by atoms with Gasteiger partial charge in [0, 0.05) is 0 Å².